The Labute approximate surface area is 115 Å². The molecule has 2 heterocycles. The van der Waals surface area contributed by atoms with Crippen molar-refractivity contribution in [2.24, 2.45) is 0 Å². The van der Waals surface area contributed by atoms with Crippen molar-refractivity contribution in [2.75, 3.05) is 7.11 Å². The predicted octanol–water partition coefficient (Wildman–Crippen LogP) is 1.13. The topological polar surface area (TPSA) is 94.3 Å². The average molecular weight is 277 g/mol. The van der Waals surface area contributed by atoms with Gasteiger partial charge in [-0.15, -0.1) is 0 Å². The second kappa shape index (κ2) is 5.28. The number of aromatic nitrogens is 2. The lowest BCUT2D eigenvalue weighted by Crippen LogP contribution is -2.39. The number of hydrogen-bond acceptors (Lipinski definition) is 6. The van der Waals surface area contributed by atoms with Gasteiger partial charge in [0.15, 0.2) is 0 Å². The number of ether oxygens (including phenoxy) is 1. The number of nitrogens with zero attached hydrogens (tertiary/aromatic N) is 2. The molecule has 7 heteroatoms. The van der Waals surface area contributed by atoms with Crippen molar-refractivity contribution in [1.29, 1.82) is 0 Å². The Bertz CT molecular complexity index is 678. The van der Waals surface area contributed by atoms with E-state index in [0.29, 0.717) is 28.1 Å². The van der Waals surface area contributed by atoms with Crippen molar-refractivity contribution >= 4 is 23.0 Å². The van der Waals surface area contributed by atoms with Gasteiger partial charge >= 0.3 is 5.97 Å². The van der Waals surface area contributed by atoms with Crippen LogP contribution in [0.5, 0.6) is 0 Å². The summed E-state index contributed by atoms with van der Waals surface area (Å²) in [6.07, 6.45) is 0. The lowest BCUT2D eigenvalue weighted by atomic mass is 10.1. The van der Waals surface area contributed by atoms with Gasteiger partial charge in [-0.05, 0) is 26.8 Å². The number of carbonyl (C=O) groups excluding carboxylic acids is 2. The Morgan fingerprint density at radius 1 is 1.40 bits per heavy atom. The Morgan fingerprint density at radius 2 is 2.10 bits per heavy atom. The molecule has 0 aliphatic carbocycles. The number of amides is 1. The quantitative estimate of drug-likeness (QED) is 0.845. The third-order valence-electron chi connectivity index (χ3n) is 2.89. The number of rotatable bonds is 3. The molecule has 2 rings (SSSR count). The van der Waals surface area contributed by atoms with Crippen LogP contribution in [0.2, 0.25) is 0 Å². The summed E-state index contributed by atoms with van der Waals surface area (Å²) in [5, 5.41) is 6.92. The van der Waals surface area contributed by atoms with Gasteiger partial charge in [-0.25, -0.2) is 9.78 Å². The largest absolute Gasteiger partial charge is 0.467 e. The zero-order valence-corrected chi connectivity index (χ0v) is 11.7. The lowest BCUT2D eigenvalue weighted by Gasteiger charge is -2.12. The van der Waals surface area contributed by atoms with E-state index in [2.05, 4.69) is 20.2 Å². The number of esters is 1. The molecule has 0 saturated heterocycles. The van der Waals surface area contributed by atoms with Crippen LogP contribution in [-0.4, -0.2) is 35.2 Å². The highest BCUT2D eigenvalue weighted by Crippen LogP contribution is 2.21. The summed E-state index contributed by atoms with van der Waals surface area (Å²) in [6.45, 7) is 5.02. The van der Waals surface area contributed by atoms with E-state index < -0.39 is 17.9 Å². The number of pyridine rings is 1. The van der Waals surface area contributed by atoms with Crippen molar-refractivity contribution in [3.05, 3.63) is 23.0 Å². The van der Waals surface area contributed by atoms with E-state index in [4.69, 9.17) is 4.52 Å². The lowest BCUT2D eigenvalue weighted by molar-refractivity contribution is -0.142. The van der Waals surface area contributed by atoms with Crippen molar-refractivity contribution in [2.45, 2.75) is 26.8 Å². The first-order valence-electron chi connectivity index (χ1n) is 6.06. The fraction of sp³-hybridized carbons (Fsp3) is 0.385. The molecule has 0 bridgehead atoms. The van der Waals surface area contributed by atoms with Gasteiger partial charge in [-0.2, -0.15) is 0 Å². The first-order valence-corrected chi connectivity index (χ1v) is 6.06. The number of methoxy groups -OCH3 is 1. The van der Waals surface area contributed by atoms with Crippen LogP contribution in [-0.2, 0) is 9.53 Å². The maximum absolute atomic E-state index is 12.3. The molecule has 0 aliphatic rings. The normalized spacial score (nSPS) is 12.2. The third-order valence-corrected chi connectivity index (χ3v) is 2.89. The highest BCUT2D eigenvalue weighted by Gasteiger charge is 2.21. The molecule has 2 aromatic heterocycles. The molecule has 0 unspecified atom stereocenters. The van der Waals surface area contributed by atoms with Crippen LogP contribution in [0.15, 0.2) is 10.6 Å². The molecule has 106 valence electrons. The van der Waals surface area contributed by atoms with Gasteiger partial charge in [0.1, 0.15) is 6.04 Å². The molecule has 1 atom stereocenters. The van der Waals surface area contributed by atoms with E-state index in [9.17, 15) is 9.59 Å². The molecule has 7 nitrogen and oxygen atoms in total. The minimum absolute atomic E-state index is 0.304. The second-order valence-electron chi connectivity index (χ2n) is 4.48. The van der Waals surface area contributed by atoms with Gasteiger partial charge in [0.25, 0.3) is 11.6 Å². The maximum atomic E-state index is 12.3. The molecule has 1 amide bonds. The van der Waals surface area contributed by atoms with Crippen LogP contribution in [0.25, 0.3) is 11.1 Å². The molecule has 0 aromatic carbocycles. The van der Waals surface area contributed by atoms with Crippen molar-refractivity contribution in [3.8, 4) is 0 Å². The Balaban J connectivity index is 2.39. The highest BCUT2D eigenvalue weighted by atomic mass is 16.5. The Hall–Kier alpha value is -2.44. The molecule has 0 saturated carbocycles. The molecule has 0 fully saturated rings. The number of nitrogens with one attached hydrogen (secondary N) is 1. The van der Waals surface area contributed by atoms with Crippen LogP contribution >= 0.6 is 0 Å². The fourth-order valence-electron chi connectivity index (χ4n) is 1.91. The van der Waals surface area contributed by atoms with E-state index in [1.54, 1.807) is 26.8 Å². The van der Waals surface area contributed by atoms with Crippen LogP contribution in [0, 0.1) is 13.8 Å². The maximum Gasteiger partial charge on any atom is 0.328 e. The monoisotopic (exact) mass is 277 g/mol. The predicted molar refractivity (Wildman–Crippen MR) is 70.2 cm³/mol. The molecule has 0 radical (unpaired) electrons. The molecular weight excluding hydrogens is 262 g/mol. The molecular formula is C13H15N3O4. The van der Waals surface area contributed by atoms with Crippen LogP contribution in [0.1, 0.15) is 28.7 Å². The first kappa shape index (κ1) is 14.0. The van der Waals surface area contributed by atoms with Gasteiger partial charge < -0.3 is 14.6 Å². The summed E-state index contributed by atoms with van der Waals surface area (Å²) in [4.78, 5) is 27.8. The minimum Gasteiger partial charge on any atom is -0.467 e. The Morgan fingerprint density at radius 3 is 2.75 bits per heavy atom. The minimum atomic E-state index is -0.740. The summed E-state index contributed by atoms with van der Waals surface area (Å²) in [5.41, 5.74) is 1.88. The van der Waals surface area contributed by atoms with Gasteiger partial charge in [0, 0.05) is 5.69 Å². The zero-order valence-electron chi connectivity index (χ0n) is 11.7. The Kier molecular flexibility index (Phi) is 3.69. The SMILES string of the molecule is COC(=O)[C@@H](C)NC(=O)c1cc(C)nc2onc(C)c12. The van der Waals surface area contributed by atoms with E-state index >= 15 is 0 Å². The van der Waals surface area contributed by atoms with E-state index in [-0.39, 0.29) is 0 Å². The van der Waals surface area contributed by atoms with E-state index in [1.807, 2.05) is 0 Å². The molecule has 1 N–H and O–H groups in total. The van der Waals surface area contributed by atoms with Gasteiger partial charge in [-0.1, -0.05) is 5.16 Å². The van der Waals surface area contributed by atoms with Crippen LogP contribution in [0.4, 0.5) is 0 Å². The van der Waals surface area contributed by atoms with Crippen molar-refractivity contribution in [3.63, 3.8) is 0 Å². The summed E-state index contributed by atoms with van der Waals surface area (Å²) in [6, 6.07) is 0.891. The zero-order chi connectivity index (χ0) is 14.9. The summed E-state index contributed by atoms with van der Waals surface area (Å²) in [7, 11) is 1.27. The molecule has 0 spiro atoms. The number of hydrogen-bond donors (Lipinski definition) is 1. The fourth-order valence-corrected chi connectivity index (χ4v) is 1.91. The number of aryl methyl sites for hydroxylation is 2. The van der Waals surface area contributed by atoms with E-state index in [0.717, 1.165) is 0 Å². The summed E-state index contributed by atoms with van der Waals surface area (Å²) >= 11 is 0. The van der Waals surface area contributed by atoms with Gasteiger partial charge in [0.2, 0.25) is 0 Å². The highest BCUT2D eigenvalue weighted by molar-refractivity contribution is 6.07. The standard InChI is InChI=1S/C13H15N3O4/c1-6-5-9(10-7(2)16-20-12(10)14-6)11(17)15-8(3)13(18)19-4/h5,8H,1-4H3,(H,15,17)/t8-/m1/s1. The van der Waals surface area contributed by atoms with Crippen LogP contribution < -0.4 is 5.32 Å². The average Bonchev–Trinajstić information content (AvgIpc) is 2.78. The third kappa shape index (κ3) is 2.47. The van der Waals surface area contributed by atoms with E-state index in [1.165, 1.54) is 7.11 Å². The second-order valence-corrected chi connectivity index (χ2v) is 4.48. The van der Waals surface area contributed by atoms with Gasteiger partial charge in [-0.3, -0.25) is 4.79 Å². The van der Waals surface area contributed by atoms with Gasteiger partial charge in [0.05, 0.1) is 23.8 Å². The summed E-state index contributed by atoms with van der Waals surface area (Å²) < 4.78 is 9.63. The van der Waals surface area contributed by atoms with Crippen LogP contribution in [0.3, 0.4) is 0 Å². The van der Waals surface area contributed by atoms with Crippen molar-refractivity contribution < 1.29 is 18.8 Å². The summed E-state index contributed by atoms with van der Waals surface area (Å²) in [5.74, 6) is -0.910. The first-order chi connectivity index (χ1) is 9.43. The molecule has 20 heavy (non-hydrogen) atoms. The number of fused-ring (bicyclic) bond motifs is 1. The molecule has 0 aliphatic heterocycles. The number of carbonyl (C=O) groups is 2. The smallest absolute Gasteiger partial charge is 0.328 e. The van der Waals surface area contributed by atoms with Crippen molar-refractivity contribution in [1.82, 2.24) is 15.5 Å². The molecule has 2 aromatic rings.